The highest BCUT2D eigenvalue weighted by atomic mass is 32.2. The number of rotatable bonds is 5. The topological polar surface area (TPSA) is 77.5 Å². The first-order valence-corrected chi connectivity index (χ1v) is 10.8. The SMILES string of the molecule is COCc1cccc2sc(NS(=O)(=O)c3ccc4c(c3)CC(C)(C)O4)nc12. The summed E-state index contributed by atoms with van der Waals surface area (Å²) in [5.41, 5.74) is 2.26. The van der Waals surface area contributed by atoms with Gasteiger partial charge in [-0.1, -0.05) is 23.5 Å². The zero-order valence-electron chi connectivity index (χ0n) is 15.3. The Balaban J connectivity index is 1.65. The van der Waals surface area contributed by atoms with E-state index < -0.39 is 10.0 Å². The van der Waals surface area contributed by atoms with Gasteiger partial charge in [-0.15, -0.1) is 0 Å². The van der Waals surface area contributed by atoms with Crippen molar-refractivity contribution in [2.24, 2.45) is 0 Å². The van der Waals surface area contributed by atoms with E-state index in [4.69, 9.17) is 9.47 Å². The number of fused-ring (bicyclic) bond motifs is 2. The van der Waals surface area contributed by atoms with Crippen molar-refractivity contribution in [3.63, 3.8) is 0 Å². The van der Waals surface area contributed by atoms with Crippen LogP contribution in [0.15, 0.2) is 41.3 Å². The van der Waals surface area contributed by atoms with Gasteiger partial charge in [0.1, 0.15) is 11.4 Å². The van der Waals surface area contributed by atoms with E-state index in [0.717, 1.165) is 27.1 Å². The lowest BCUT2D eigenvalue weighted by molar-refractivity contribution is 0.138. The summed E-state index contributed by atoms with van der Waals surface area (Å²) in [5, 5.41) is 0.339. The average Bonchev–Trinajstić information content (AvgIpc) is 3.12. The van der Waals surface area contributed by atoms with Crippen LogP contribution < -0.4 is 9.46 Å². The largest absolute Gasteiger partial charge is 0.487 e. The van der Waals surface area contributed by atoms with E-state index in [1.54, 1.807) is 25.3 Å². The maximum absolute atomic E-state index is 12.8. The lowest BCUT2D eigenvalue weighted by Crippen LogP contribution is -2.24. The predicted molar refractivity (Wildman–Crippen MR) is 106 cm³/mol. The molecule has 0 amide bonds. The van der Waals surface area contributed by atoms with Crippen LogP contribution in [0.2, 0.25) is 0 Å². The summed E-state index contributed by atoms with van der Waals surface area (Å²) in [7, 11) is -2.12. The molecular weight excluding hydrogens is 384 g/mol. The number of aromatic nitrogens is 1. The fourth-order valence-corrected chi connectivity index (χ4v) is 5.45. The Morgan fingerprint density at radius 1 is 1.30 bits per heavy atom. The number of hydrogen-bond acceptors (Lipinski definition) is 6. The van der Waals surface area contributed by atoms with Crippen molar-refractivity contribution >= 4 is 36.7 Å². The Labute approximate surface area is 162 Å². The molecule has 1 N–H and O–H groups in total. The van der Waals surface area contributed by atoms with Gasteiger partial charge in [0.2, 0.25) is 0 Å². The molecule has 0 saturated carbocycles. The Bertz CT molecular complexity index is 1120. The van der Waals surface area contributed by atoms with Gasteiger partial charge >= 0.3 is 0 Å². The number of ether oxygens (including phenoxy) is 2. The highest BCUT2D eigenvalue weighted by molar-refractivity contribution is 7.93. The zero-order valence-corrected chi connectivity index (χ0v) is 16.9. The lowest BCUT2D eigenvalue weighted by atomic mass is 10.0. The van der Waals surface area contributed by atoms with Gasteiger partial charge in [0.15, 0.2) is 5.13 Å². The van der Waals surface area contributed by atoms with Gasteiger partial charge in [-0.25, -0.2) is 13.4 Å². The summed E-state index contributed by atoms with van der Waals surface area (Å²) >= 11 is 1.30. The second kappa shape index (κ2) is 6.47. The minimum Gasteiger partial charge on any atom is -0.487 e. The average molecular weight is 405 g/mol. The van der Waals surface area contributed by atoms with Gasteiger partial charge in [-0.2, -0.15) is 0 Å². The first kappa shape index (κ1) is 18.2. The zero-order chi connectivity index (χ0) is 19.2. The molecule has 1 aromatic heterocycles. The van der Waals surface area contributed by atoms with Crippen LogP contribution in [0.4, 0.5) is 5.13 Å². The van der Waals surface area contributed by atoms with Crippen LogP contribution in [-0.2, 0) is 27.8 Å². The summed E-state index contributed by atoms with van der Waals surface area (Å²) in [4.78, 5) is 4.67. The molecule has 0 fully saturated rings. The van der Waals surface area contributed by atoms with Gasteiger partial charge in [0, 0.05) is 19.1 Å². The number of nitrogens with zero attached hydrogens (tertiary/aromatic N) is 1. The summed E-state index contributed by atoms with van der Waals surface area (Å²) in [6, 6.07) is 10.7. The molecule has 0 bridgehead atoms. The Kier molecular flexibility index (Phi) is 4.37. The van der Waals surface area contributed by atoms with Crippen molar-refractivity contribution in [2.45, 2.75) is 37.4 Å². The minimum absolute atomic E-state index is 0.207. The van der Waals surface area contributed by atoms with Crippen molar-refractivity contribution in [3.8, 4) is 5.75 Å². The number of hydrogen-bond donors (Lipinski definition) is 1. The summed E-state index contributed by atoms with van der Waals surface area (Å²) < 4.78 is 40.2. The molecule has 0 unspecified atom stereocenters. The molecule has 142 valence electrons. The van der Waals surface area contributed by atoms with Crippen molar-refractivity contribution < 1.29 is 17.9 Å². The molecule has 3 aromatic rings. The number of anilines is 1. The first-order chi connectivity index (χ1) is 12.8. The lowest BCUT2D eigenvalue weighted by Gasteiger charge is -2.16. The normalized spacial score (nSPS) is 15.5. The van der Waals surface area contributed by atoms with Crippen LogP contribution >= 0.6 is 11.3 Å². The van der Waals surface area contributed by atoms with E-state index >= 15 is 0 Å². The summed E-state index contributed by atoms with van der Waals surface area (Å²) in [5.74, 6) is 0.739. The number of thiazole rings is 1. The molecule has 2 aromatic carbocycles. The van der Waals surface area contributed by atoms with Crippen molar-refractivity contribution in [2.75, 3.05) is 11.8 Å². The Morgan fingerprint density at radius 2 is 2.11 bits per heavy atom. The Morgan fingerprint density at radius 3 is 2.89 bits per heavy atom. The standard InChI is InChI=1S/C19H20N2O4S2/c1-19(2)10-13-9-14(7-8-15(13)25-19)27(22,23)21-18-20-17-12(11-24-3)5-4-6-16(17)26-18/h4-9H,10-11H2,1-3H3,(H,20,21). The van der Waals surface area contributed by atoms with Crippen LogP contribution in [0, 0.1) is 0 Å². The Hall–Kier alpha value is -2.16. The van der Waals surface area contributed by atoms with Crippen LogP contribution in [-0.4, -0.2) is 26.1 Å². The third-order valence-electron chi connectivity index (χ3n) is 4.37. The quantitative estimate of drug-likeness (QED) is 0.697. The molecule has 4 rings (SSSR count). The summed E-state index contributed by atoms with van der Waals surface area (Å²) in [6.45, 7) is 4.39. The monoisotopic (exact) mass is 404 g/mol. The maximum atomic E-state index is 12.8. The second-order valence-electron chi connectivity index (χ2n) is 7.13. The van der Waals surface area contributed by atoms with Crippen LogP contribution in [0.1, 0.15) is 25.0 Å². The molecule has 6 nitrogen and oxygen atoms in total. The molecule has 0 radical (unpaired) electrons. The van der Waals surface area contributed by atoms with Gasteiger partial charge in [0.25, 0.3) is 10.0 Å². The van der Waals surface area contributed by atoms with E-state index in [9.17, 15) is 8.42 Å². The van der Waals surface area contributed by atoms with Gasteiger partial charge in [-0.05, 0) is 43.7 Å². The number of sulfonamides is 1. The molecule has 27 heavy (non-hydrogen) atoms. The highest BCUT2D eigenvalue weighted by Crippen LogP contribution is 2.36. The number of nitrogens with one attached hydrogen (secondary N) is 1. The first-order valence-electron chi connectivity index (χ1n) is 8.49. The second-order valence-corrected chi connectivity index (χ2v) is 9.84. The van der Waals surface area contributed by atoms with Crippen molar-refractivity contribution in [1.82, 2.24) is 4.98 Å². The van der Waals surface area contributed by atoms with Crippen LogP contribution in [0.5, 0.6) is 5.75 Å². The number of benzene rings is 2. The number of methoxy groups -OCH3 is 1. The van der Waals surface area contributed by atoms with Gasteiger partial charge < -0.3 is 9.47 Å². The van der Waals surface area contributed by atoms with Crippen molar-refractivity contribution in [3.05, 3.63) is 47.5 Å². The fourth-order valence-electron chi connectivity index (χ4n) is 3.25. The predicted octanol–water partition coefficient (Wildman–Crippen LogP) is 3.96. The van der Waals surface area contributed by atoms with E-state index in [-0.39, 0.29) is 10.5 Å². The fraction of sp³-hybridized carbons (Fsp3) is 0.316. The van der Waals surface area contributed by atoms with E-state index in [2.05, 4.69) is 9.71 Å². The smallest absolute Gasteiger partial charge is 0.263 e. The summed E-state index contributed by atoms with van der Waals surface area (Å²) in [6.07, 6.45) is 0.674. The molecule has 8 heteroatoms. The maximum Gasteiger partial charge on any atom is 0.263 e. The minimum atomic E-state index is -3.73. The molecule has 0 saturated heterocycles. The third-order valence-corrected chi connectivity index (χ3v) is 6.77. The molecule has 0 aliphatic carbocycles. The molecule has 1 aliphatic heterocycles. The van der Waals surface area contributed by atoms with E-state index in [1.807, 2.05) is 32.0 Å². The third kappa shape index (κ3) is 3.52. The molecule has 2 heterocycles. The molecule has 0 spiro atoms. The van der Waals surface area contributed by atoms with Gasteiger partial charge in [0.05, 0.1) is 21.7 Å². The van der Waals surface area contributed by atoms with E-state index in [1.165, 1.54) is 11.3 Å². The van der Waals surface area contributed by atoms with E-state index in [0.29, 0.717) is 18.2 Å². The van der Waals surface area contributed by atoms with Crippen molar-refractivity contribution in [1.29, 1.82) is 0 Å². The number of para-hydroxylation sites is 1. The molecule has 1 aliphatic rings. The van der Waals surface area contributed by atoms with Crippen LogP contribution in [0.25, 0.3) is 10.2 Å². The highest BCUT2D eigenvalue weighted by Gasteiger charge is 2.31. The molecular formula is C19H20N2O4S2. The van der Waals surface area contributed by atoms with Gasteiger partial charge in [-0.3, -0.25) is 4.72 Å². The molecule has 0 atom stereocenters. The van der Waals surface area contributed by atoms with Crippen LogP contribution in [0.3, 0.4) is 0 Å².